The number of primary amides is 1. The summed E-state index contributed by atoms with van der Waals surface area (Å²) in [4.78, 5) is 32.9. The molecule has 0 bridgehead atoms. The molecule has 2 amide bonds. The van der Waals surface area contributed by atoms with E-state index in [0.29, 0.717) is 60.6 Å². The van der Waals surface area contributed by atoms with Gasteiger partial charge in [-0.15, -0.1) is 0 Å². The van der Waals surface area contributed by atoms with Crippen molar-refractivity contribution in [3.8, 4) is 5.75 Å². The van der Waals surface area contributed by atoms with Crippen LogP contribution in [0.25, 0.3) is 21.7 Å². The minimum absolute atomic E-state index is 0.00545. The van der Waals surface area contributed by atoms with Gasteiger partial charge in [0.1, 0.15) is 11.6 Å². The lowest BCUT2D eigenvalue weighted by molar-refractivity contribution is -0.121. The number of pyridine rings is 2. The molecule has 0 spiro atoms. The van der Waals surface area contributed by atoms with E-state index in [1.165, 1.54) is 6.42 Å². The van der Waals surface area contributed by atoms with Crippen molar-refractivity contribution in [3.05, 3.63) is 71.0 Å². The Morgan fingerprint density at radius 1 is 1.02 bits per heavy atom. The zero-order valence-electron chi connectivity index (χ0n) is 22.2. The Morgan fingerprint density at radius 2 is 1.90 bits per heavy atom. The Morgan fingerprint density at radius 3 is 2.67 bits per heavy atom. The molecule has 2 aromatic heterocycles. The van der Waals surface area contributed by atoms with Crippen molar-refractivity contribution in [2.24, 2.45) is 5.73 Å². The van der Waals surface area contributed by atoms with E-state index in [0.717, 1.165) is 46.7 Å². The van der Waals surface area contributed by atoms with E-state index in [4.69, 9.17) is 27.1 Å². The monoisotopic (exact) mass is 560 g/mol. The average Bonchev–Trinajstić information content (AvgIpc) is 2.93. The third-order valence-electron chi connectivity index (χ3n) is 7.05. The Labute approximate surface area is 237 Å². The molecule has 0 unspecified atom stereocenters. The molecule has 10 heteroatoms. The summed E-state index contributed by atoms with van der Waals surface area (Å²) in [6.45, 7) is 2.36. The van der Waals surface area contributed by atoms with Crippen LogP contribution in [0.15, 0.2) is 54.9 Å². The smallest absolute Gasteiger partial charge is 0.248 e. The van der Waals surface area contributed by atoms with Crippen molar-refractivity contribution in [2.45, 2.75) is 44.8 Å². The molecule has 4 aromatic rings. The maximum atomic E-state index is 12.3. The minimum Gasteiger partial charge on any atom is -0.489 e. The highest BCUT2D eigenvalue weighted by atomic mass is 35.5. The van der Waals surface area contributed by atoms with Crippen LogP contribution in [0.3, 0.4) is 0 Å². The molecular weight excluding hydrogens is 528 g/mol. The van der Waals surface area contributed by atoms with Crippen molar-refractivity contribution in [1.29, 1.82) is 0 Å². The van der Waals surface area contributed by atoms with E-state index in [1.807, 2.05) is 30.3 Å². The Kier molecular flexibility index (Phi) is 8.93. The Hall–Kier alpha value is -3.95. The third kappa shape index (κ3) is 6.78. The average molecular weight is 561 g/mol. The number of nitrogens with one attached hydrogen (secondary N) is 3. The van der Waals surface area contributed by atoms with Crippen molar-refractivity contribution in [3.63, 3.8) is 0 Å². The number of nitrogens with zero attached hydrogens (tertiary/aromatic N) is 2. The maximum Gasteiger partial charge on any atom is 0.248 e. The summed E-state index contributed by atoms with van der Waals surface area (Å²) in [6, 6.07) is 13.0. The van der Waals surface area contributed by atoms with Gasteiger partial charge in [0.2, 0.25) is 11.8 Å². The summed E-state index contributed by atoms with van der Waals surface area (Å²) in [6.07, 6.45) is 8.32. The van der Waals surface area contributed by atoms with Gasteiger partial charge < -0.3 is 26.4 Å². The highest BCUT2D eigenvalue weighted by molar-refractivity contribution is 6.32. The number of carbonyl (C=O) groups excluding carboxylic acids is 2. The largest absolute Gasteiger partial charge is 0.489 e. The summed E-state index contributed by atoms with van der Waals surface area (Å²) >= 11 is 6.37. The number of ether oxygens (including phenoxy) is 1. The quantitative estimate of drug-likeness (QED) is 0.139. The number of rotatable bonds is 13. The highest BCUT2D eigenvalue weighted by Gasteiger charge is 2.20. The molecule has 0 aliphatic heterocycles. The highest BCUT2D eigenvalue weighted by Crippen LogP contribution is 2.31. The third-order valence-corrected chi connectivity index (χ3v) is 7.34. The van der Waals surface area contributed by atoms with Crippen LogP contribution in [0, 0.1) is 0 Å². The van der Waals surface area contributed by atoms with Gasteiger partial charge in [0.05, 0.1) is 16.6 Å². The maximum absolute atomic E-state index is 12.3. The van der Waals surface area contributed by atoms with E-state index in [9.17, 15) is 9.59 Å². The first-order valence-electron chi connectivity index (χ1n) is 13.6. The van der Waals surface area contributed by atoms with Gasteiger partial charge in [-0.3, -0.25) is 14.6 Å². The minimum atomic E-state index is -0.497. The number of amides is 2. The fourth-order valence-electron chi connectivity index (χ4n) is 4.60. The fraction of sp³-hybridized carbons (Fsp3) is 0.333. The van der Waals surface area contributed by atoms with Crippen LogP contribution in [-0.2, 0) is 11.3 Å². The number of nitrogens with two attached hydrogens (primary N) is 1. The van der Waals surface area contributed by atoms with E-state index < -0.39 is 5.91 Å². The number of hydrogen-bond acceptors (Lipinski definition) is 7. The van der Waals surface area contributed by atoms with Gasteiger partial charge in [-0.2, -0.15) is 0 Å². The van der Waals surface area contributed by atoms with Crippen LogP contribution in [0.2, 0.25) is 5.02 Å². The van der Waals surface area contributed by atoms with Gasteiger partial charge in [0, 0.05) is 66.7 Å². The first kappa shape index (κ1) is 27.6. The number of aromatic nitrogens is 2. The summed E-state index contributed by atoms with van der Waals surface area (Å²) in [5.74, 6) is 0.935. The molecule has 0 radical (unpaired) electrons. The number of carbonyl (C=O) groups is 2. The molecule has 40 heavy (non-hydrogen) atoms. The van der Waals surface area contributed by atoms with Crippen LogP contribution < -0.4 is 26.4 Å². The molecule has 1 fully saturated rings. The summed E-state index contributed by atoms with van der Waals surface area (Å²) in [5.41, 5.74) is 7.57. The molecule has 2 heterocycles. The van der Waals surface area contributed by atoms with Crippen LogP contribution in [-0.4, -0.2) is 47.5 Å². The molecule has 1 aliphatic carbocycles. The molecule has 5 N–H and O–H groups in total. The first-order valence-corrected chi connectivity index (χ1v) is 14.0. The fourth-order valence-corrected chi connectivity index (χ4v) is 4.85. The second-order valence-electron chi connectivity index (χ2n) is 9.97. The van der Waals surface area contributed by atoms with Crippen molar-refractivity contribution in [2.75, 3.05) is 25.0 Å². The lowest BCUT2D eigenvalue weighted by atomic mass is 9.96. The Balaban J connectivity index is 1.04. The van der Waals surface area contributed by atoms with Gasteiger partial charge in [-0.25, -0.2) is 4.98 Å². The predicted molar refractivity (Wildman–Crippen MR) is 158 cm³/mol. The van der Waals surface area contributed by atoms with Crippen molar-refractivity contribution < 1.29 is 14.3 Å². The van der Waals surface area contributed by atoms with Gasteiger partial charge >= 0.3 is 0 Å². The molecule has 0 saturated heterocycles. The van der Waals surface area contributed by atoms with E-state index in [1.54, 1.807) is 24.5 Å². The first-order chi connectivity index (χ1) is 19.5. The number of halogens is 1. The number of benzene rings is 2. The molecule has 0 atom stereocenters. The van der Waals surface area contributed by atoms with E-state index >= 15 is 0 Å². The molecule has 2 aromatic carbocycles. The molecule has 5 rings (SSSR count). The summed E-state index contributed by atoms with van der Waals surface area (Å²) in [7, 11) is 0. The molecule has 1 aliphatic rings. The zero-order valence-corrected chi connectivity index (χ0v) is 23.0. The topological polar surface area (TPSA) is 131 Å². The lowest BCUT2D eigenvalue weighted by Gasteiger charge is -2.26. The van der Waals surface area contributed by atoms with Crippen molar-refractivity contribution >= 4 is 50.9 Å². The second-order valence-corrected chi connectivity index (χ2v) is 10.4. The molecule has 1 saturated carbocycles. The summed E-state index contributed by atoms with van der Waals surface area (Å²) < 4.78 is 5.89. The van der Waals surface area contributed by atoms with Gasteiger partial charge in [-0.1, -0.05) is 23.7 Å². The number of fused-ring (bicyclic) bond motifs is 3. The number of hydrogen-bond donors (Lipinski definition) is 4. The van der Waals surface area contributed by atoms with E-state index in [-0.39, 0.29) is 5.91 Å². The lowest BCUT2D eigenvalue weighted by Crippen LogP contribution is -2.29. The predicted octanol–water partition coefficient (Wildman–Crippen LogP) is 4.56. The molecule has 9 nitrogen and oxygen atoms in total. The standard InChI is InChI=1S/C30H33ClN6O3/c31-25-15-19(5-8-27(25)40-21-3-1-4-21)17-33-14-10-28(38)35-11-2-12-36-30-23-9-13-34-18-24(23)22-7-6-20(29(32)39)16-26(22)37-30/h5-9,13,15-16,18,21,33H,1-4,10-12,14,17H2,(H2,32,39)(H,35,38)(H,36,37). The van der Waals surface area contributed by atoms with Crippen LogP contribution >= 0.6 is 11.6 Å². The van der Waals surface area contributed by atoms with Gasteiger partial charge in [0.25, 0.3) is 0 Å². The normalized spacial score (nSPS) is 13.2. The molecular formula is C30H33ClN6O3. The van der Waals surface area contributed by atoms with Crippen LogP contribution in [0.1, 0.15) is 48.0 Å². The van der Waals surface area contributed by atoms with Gasteiger partial charge in [0.15, 0.2) is 0 Å². The Bertz CT molecular complexity index is 1520. The number of anilines is 1. The van der Waals surface area contributed by atoms with Crippen LogP contribution in [0.5, 0.6) is 5.75 Å². The second kappa shape index (κ2) is 12.9. The van der Waals surface area contributed by atoms with Gasteiger partial charge in [-0.05, 0) is 61.6 Å². The van der Waals surface area contributed by atoms with Crippen molar-refractivity contribution in [1.82, 2.24) is 20.6 Å². The van der Waals surface area contributed by atoms with Crippen LogP contribution in [0.4, 0.5) is 5.82 Å². The zero-order chi connectivity index (χ0) is 27.9. The summed E-state index contributed by atoms with van der Waals surface area (Å²) in [5, 5.41) is 13.0. The molecule has 208 valence electrons. The van der Waals surface area contributed by atoms with E-state index in [2.05, 4.69) is 20.9 Å². The SMILES string of the molecule is NC(=O)c1ccc2c(c1)nc(NCCCNC(=O)CCNCc1ccc(OC3CCC3)c(Cl)c1)c1ccncc12.